The molecule has 23 heavy (non-hydrogen) atoms. The van der Waals surface area contributed by atoms with Crippen LogP contribution in [0.1, 0.15) is 10.4 Å². The highest BCUT2D eigenvalue weighted by Gasteiger charge is 2.14. The van der Waals surface area contributed by atoms with Crippen LogP contribution in [0, 0.1) is 13.8 Å². The van der Waals surface area contributed by atoms with Crippen molar-refractivity contribution in [1.82, 2.24) is 19.5 Å². The van der Waals surface area contributed by atoms with Crippen molar-refractivity contribution in [2.45, 2.75) is 13.8 Å². The van der Waals surface area contributed by atoms with Crippen LogP contribution in [0.15, 0.2) is 23.4 Å². The van der Waals surface area contributed by atoms with Crippen LogP contribution in [0.3, 0.4) is 0 Å². The Kier molecular flexibility index (Phi) is 4.24. The molecule has 0 saturated carbocycles. The van der Waals surface area contributed by atoms with Crippen LogP contribution in [0.4, 0.5) is 11.8 Å². The molecule has 7 nitrogen and oxygen atoms in total. The van der Waals surface area contributed by atoms with Crippen molar-refractivity contribution < 1.29 is 0 Å². The number of hydrogen-bond donors (Lipinski definition) is 2. The summed E-state index contributed by atoms with van der Waals surface area (Å²) in [5.41, 5.74) is 1.01. The van der Waals surface area contributed by atoms with Gasteiger partial charge in [0.1, 0.15) is 10.6 Å². The minimum Gasteiger partial charge on any atom is -0.367 e. The van der Waals surface area contributed by atoms with Gasteiger partial charge in [-0.25, -0.2) is 9.97 Å². The van der Waals surface area contributed by atoms with Crippen molar-refractivity contribution in [2.24, 2.45) is 7.05 Å². The molecule has 2 N–H and O–H groups in total. The zero-order chi connectivity index (χ0) is 16.4. The van der Waals surface area contributed by atoms with E-state index in [-0.39, 0.29) is 5.56 Å². The van der Waals surface area contributed by atoms with Crippen LogP contribution in [0.25, 0.3) is 10.2 Å². The Morgan fingerprint density at radius 2 is 2.00 bits per heavy atom. The first-order valence-electron chi connectivity index (χ1n) is 7.28. The molecule has 3 rings (SSSR count). The number of fused-ring (bicyclic) bond motifs is 1. The minimum atomic E-state index is -0.0127. The molecular formula is C15H18N6OS. The van der Waals surface area contributed by atoms with Gasteiger partial charge in [0.05, 0.1) is 11.6 Å². The van der Waals surface area contributed by atoms with Gasteiger partial charge in [0.15, 0.2) is 0 Å². The SMILES string of the molecule is Cc1sc2nc(NCCNc3cnccn3)n(C)c(=O)c2c1C. The molecular weight excluding hydrogens is 312 g/mol. The summed E-state index contributed by atoms with van der Waals surface area (Å²) >= 11 is 1.55. The normalized spacial score (nSPS) is 10.9. The molecule has 3 aromatic rings. The largest absolute Gasteiger partial charge is 0.367 e. The van der Waals surface area contributed by atoms with Crippen molar-refractivity contribution in [2.75, 3.05) is 23.7 Å². The molecule has 8 heteroatoms. The first-order valence-corrected chi connectivity index (χ1v) is 8.10. The molecule has 0 radical (unpaired) electrons. The van der Waals surface area contributed by atoms with Crippen LogP contribution in [-0.4, -0.2) is 32.6 Å². The lowest BCUT2D eigenvalue weighted by Crippen LogP contribution is -2.24. The molecule has 0 spiro atoms. The summed E-state index contributed by atoms with van der Waals surface area (Å²) in [7, 11) is 1.74. The number of hydrogen-bond acceptors (Lipinski definition) is 7. The molecule has 0 saturated heterocycles. The second kappa shape index (κ2) is 6.33. The number of anilines is 2. The van der Waals surface area contributed by atoms with Crippen LogP contribution in [0.2, 0.25) is 0 Å². The van der Waals surface area contributed by atoms with Gasteiger partial charge in [-0.3, -0.25) is 14.3 Å². The van der Waals surface area contributed by atoms with Crippen LogP contribution < -0.4 is 16.2 Å². The number of thiophene rings is 1. The van der Waals surface area contributed by atoms with Gasteiger partial charge in [0.25, 0.3) is 5.56 Å². The highest BCUT2D eigenvalue weighted by Crippen LogP contribution is 2.26. The third-order valence-corrected chi connectivity index (χ3v) is 4.79. The number of aryl methyl sites for hydroxylation is 2. The first kappa shape index (κ1) is 15.4. The van der Waals surface area contributed by atoms with E-state index < -0.39 is 0 Å². The molecule has 0 bridgehead atoms. The fourth-order valence-corrected chi connectivity index (χ4v) is 3.31. The fraction of sp³-hybridized carbons (Fsp3) is 0.333. The predicted octanol–water partition coefficient (Wildman–Crippen LogP) is 1.93. The molecule has 3 aromatic heterocycles. The average molecular weight is 330 g/mol. The Labute approximate surface area is 137 Å². The molecule has 0 aliphatic rings. The lowest BCUT2D eigenvalue weighted by Gasteiger charge is -2.10. The second-order valence-corrected chi connectivity index (χ2v) is 6.41. The topological polar surface area (TPSA) is 84.7 Å². The smallest absolute Gasteiger partial charge is 0.263 e. The van der Waals surface area contributed by atoms with Crippen molar-refractivity contribution in [3.63, 3.8) is 0 Å². The van der Waals surface area contributed by atoms with Gasteiger partial charge in [-0.15, -0.1) is 11.3 Å². The Morgan fingerprint density at radius 3 is 2.74 bits per heavy atom. The zero-order valence-electron chi connectivity index (χ0n) is 13.3. The Hall–Kier alpha value is -2.48. The maximum Gasteiger partial charge on any atom is 0.263 e. The Morgan fingerprint density at radius 1 is 1.22 bits per heavy atom. The van der Waals surface area contributed by atoms with Crippen LogP contribution >= 0.6 is 11.3 Å². The molecule has 3 heterocycles. The highest BCUT2D eigenvalue weighted by molar-refractivity contribution is 7.18. The van der Waals surface area contributed by atoms with E-state index in [2.05, 4.69) is 25.6 Å². The van der Waals surface area contributed by atoms with Gasteiger partial charge in [-0.2, -0.15) is 0 Å². The molecule has 0 aliphatic carbocycles. The lowest BCUT2D eigenvalue weighted by atomic mass is 10.2. The maximum atomic E-state index is 12.5. The van der Waals surface area contributed by atoms with Crippen molar-refractivity contribution in [3.8, 4) is 0 Å². The fourth-order valence-electron chi connectivity index (χ4n) is 2.29. The standard InChI is InChI=1S/C15H18N6OS/c1-9-10(2)23-13-12(9)14(22)21(3)15(20-13)19-7-6-18-11-8-16-4-5-17-11/h4-5,8H,6-7H2,1-3H3,(H,17,18)(H,19,20). The third kappa shape index (κ3) is 3.02. The lowest BCUT2D eigenvalue weighted by molar-refractivity contribution is 0.839. The highest BCUT2D eigenvalue weighted by atomic mass is 32.1. The van der Waals surface area contributed by atoms with E-state index in [1.54, 1.807) is 41.5 Å². The molecule has 0 aromatic carbocycles. The van der Waals surface area contributed by atoms with Crippen LogP contribution in [0.5, 0.6) is 0 Å². The van der Waals surface area contributed by atoms with Crippen molar-refractivity contribution >= 4 is 33.3 Å². The number of nitrogens with one attached hydrogen (secondary N) is 2. The van der Waals surface area contributed by atoms with Gasteiger partial charge in [-0.05, 0) is 19.4 Å². The van der Waals surface area contributed by atoms with E-state index in [1.807, 2.05) is 13.8 Å². The van der Waals surface area contributed by atoms with Gasteiger partial charge >= 0.3 is 0 Å². The molecule has 0 atom stereocenters. The number of aromatic nitrogens is 4. The number of nitrogens with zero attached hydrogens (tertiary/aromatic N) is 4. The quantitative estimate of drug-likeness (QED) is 0.695. The molecule has 0 fully saturated rings. The number of rotatable bonds is 5. The van der Waals surface area contributed by atoms with Crippen molar-refractivity contribution in [3.05, 3.63) is 39.4 Å². The van der Waals surface area contributed by atoms with E-state index in [4.69, 9.17) is 0 Å². The summed E-state index contributed by atoms with van der Waals surface area (Å²) in [6.45, 7) is 5.25. The second-order valence-electron chi connectivity index (χ2n) is 5.21. The van der Waals surface area contributed by atoms with E-state index in [0.717, 1.165) is 26.5 Å². The molecule has 0 amide bonds. The van der Waals surface area contributed by atoms with E-state index in [0.29, 0.717) is 19.0 Å². The minimum absolute atomic E-state index is 0.0127. The van der Waals surface area contributed by atoms with Crippen LogP contribution in [-0.2, 0) is 7.05 Å². The summed E-state index contributed by atoms with van der Waals surface area (Å²) < 4.78 is 1.56. The molecule has 0 unspecified atom stereocenters. The average Bonchev–Trinajstić information content (AvgIpc) is 2.84. The van der Waals surface area contributed by atoms with E-state index in [9.17, 15) is 4.79 Å². The summed E-state index contributed by atoms with van der Waals surface area (Å²) in [6.07, 6.45) is 4.93. The third-order valence-electron chi connectivity index (χ3n) is 3.69. The van der Waals surface area contributed by atoms with Gasteiger partial charge < -0.3 is 10.6 Å². The summed E-state index contributed by atoms with van der Waals surface area (Å²) in [5.74, 6) is 1.29. The first-order chi connectivity index (χ1) is 11.1. The van der Waals surface area contributed by atoms with Gasteiger partial charge in [0.2, 0.25) is 5.95 Å². The zero-order valence-corrected chi connectivity index (χ0v) is 14.1. The molecule has 0 aliphatic heterocycles. The van der Waals surface area contributed by atoms with Gasteiger partial charge in [-0.1, -0.05) is 0 Å². The van der Waals surface area contributed by atoms with Gasteiger partial charge in [0, 0.05) is 37.4 Å². The van der Waals surface area contributed by atoms with E-state index >= 15 is 0 Å². The summed E-state index contributed by atoms with van der Waals surface area (Å²) in [4.78, 5) is 27.1. The molecule has 120 valence electrons. The summed E-state index contributed by atoms with van der Waals surface area (Å²) in [6, 6.07) is 0. The monoisotopic (exact) mass is 330 g/mol. The van der Waals surface area contributed by atoms with E-state index in [1.165, 1.54) is 0 Å². The Balaban J connectivity index is 1.73. The van der Waals surface area contributed by atoms with Crippen molar-refractivity contribution in [1.29, 1.82) is 0 Å². The maximum absolute atomic E-state index is 12.5. The predicted molar refractivity (Wildman–Crippen MR) is 93.3 cm³/mol. The Bertz CT molecular complexity index is 886. The summed E-state index contributed by atoms with van der Waals surface area (Å²) in [5, 5.41) is 7.06.